The molecule has 0 aliphatic rings. The summed E-state index contributed by atoms with van der Waals surface area (Å²) in [5.41, 5.74) is -4.86. The number of hydrogen-bond acceptors (Lipinski definition) is 16. The van der Waals surface area contributed by atoms with Crippen molar-refractivity contribution in [2.45, 2.75) is 256 Å². The highest BCUT2D eigenvalue weighted by atomic mass is 16.6. The van der Waals surface area contributed by atoms with Crippen LogP contribution in [0.3, 0.4) is 0 Å². The number of nitrogens with one attached hydrogen (secondary N) is 8. The predicted octanol–water partition coefficient (Wildman–Crippen LogP) is 9.94. The van der Waals surface area contributed by atoms with E-state index >= 15 is 0 Å². The molecule has 0 saturated carbocycles. The van der Waals surface area contributed by atoms with Gasteiger partial charge < -0.3 is 80.4 Å². The van der Waals surface area contributed by atoms with Gasteiger partial charge in [-0.05, 0) is 191 Å². The highest BCUT2D eigenvalue weighted by molar-refractivity contribution is 5.72. The molecule has 0 aliphatic carbocycles. The standard InChI is InChI=1S/C22H43N3O6.C18H35N3O6.C14H28N2O4/c1-14(12-23-17(26)29-20(3,4)5)15(2)16(25-19(28)31-22(9,10)11)13-24-18(27)30-21(6,7)8;1-16(2,3)25-13(22)19-10-12(21-15(24)27-18(7,8)9)11-20-14(23)26-17(4,5)6;1-10(16-12(18)20-14(5,6)7)8-9-15-11(17)19-13(2,3)4/h14-16H,12-13H2,1-11H3,(H,23,26)(H,24,27)(H,25,28);12H,10-11H2,1-9H3,(H,19,22)(H,20,23)(H,21,24);10H,8-9H2,1-7H3,(H,15,17)(H,16,18). The zero-order valence-corrected chi connectivity index (χ0v) is 52.7. The normalized spacial score (nSPS) is 13.7. The van der Waals surface area contributed by atoms with Crippen LogP contribution in [0.25, 0.3) is 0 Å². The van der Waals surface area contributed by atoms with Crippen molar-refractivity contribution in [1.82, 2.24) is 42.5 Å². The fraction of sp³-hybridized carbons (Fsp3) is 0.852. The van der Waals surface area contributed by atoms with E-state index in [1.165, 1.54) is 0 Å². The van der Waals surface area contributed by atoms with Crippen molar-refractivity contribution in [3.05, 3.63) is 0 Å². The molecule has 24 nitrogen and oxygen atoms in total. The highest BCUT2D eigenvalue weighted by Gasteiger charge is 2.30. The Kier molecular flexibility index (Phi) is 32.2. The van der Waals surface area contributed by atoms with Crippen LogP contribution in [-0.4, -0.2) is 144 Å². The van der Waals surface area contributed by atoms with Crippen molar-refractivity contribution in [2.75, 3.05) is 32.7 Å². The third-order valence-electron chi connectivity index (χ3n) is 8.58. The van der Waals surface area contributed by atoms with Gasteiger partial charge in [0.05, 0.1) is 12.1 Å². The van der Waals surface area contributed by atoms with Gasteiger partial charge in [-0.15, -0.1) is 0 Å². The summed E-state index contributed by atoms with van der Waals surface area (Å²) in [7, 11) is 0. The molecule has 8 N–H and O–H groups in total. The quantitative estimate of drug-likeness (QED) is 0.0667. The molecule has 0 rings (SSSR count). The van der Waals surface area contributed by atoms with Gasteiger partial charge >= 0.3 is 48.7 Å². The van der Waals surface area contributed by atoms with E-state index in [1.54, 1.807) is 166 Å². The smallest absolute Gasteiger partial charge is 0.407 e. The number of rotatable bonds is 16. The van der Waals surface area contributed by atoms with E-state index in [9.17, 15) is 38.4 Å². The maximum atomic E-state index is 12.3. The molecule has 0 spiro atoms. The van der Waals surface area contributed by atoms with Crippen molar-refractivity contribution >= 4 is 48.7 Å². The van der Waals surface area contributed by atoms with E-state index < -0.39 is 106 Å². The lowest BCUT2D eigenvalue weighted by molar-refractivity contribution is 0.0427. The molecule has 0 fully saturated rings. The largest absolute Gasteiger partial charge is 0.444 e. The minimum absolute atomic E-state index is 0.0317. The molecule has 4 atom stereocenters. The first kappa shape index (κ1) is 76.4. The Labute approximate surface area is 467 Å². The van der Waals surface area contributed by atoms with Crippen molar-refractivity contribution in [3.8, 4) is 0 Å². The first-order valence-corrected chi connectivity index (χ1v) is 26.5. The first-order chi connectivity index (χ1) is 34.6. The summed E-state index contributed by atoms with van der Waals surface area (Å²) in [6.45, 7) is 49.2. The van der Waals surface area contributed by atoms with Gasteiger partial charge in [0.15, 0.2) is 0 Å². The molecule has 0 radical (unpaired) electrons. The number of carbonyl (C=O) groups excluding carboxylic acids is 8. The van der Waals surface area contributed by atoms with Crippen LogP contribution in [0.15, 0.2) is 0 Å². The summed E-state index contributed by atoms with van der Waals surface area (Å²) >= 11 is 0. The monoisotopic (exact) mass is 1120 g/mol. The zero-order chi connectivity index (χ0) is 62.1. The number of amides is 8. The fourth-order valence-corrected chi connectivity index (χ4v) is 5.45. The molecule has 0 aromatic rings. The summed E-state index contributed by atoms with van der Waals surface area (Å²) < 4.78 is 41.7. The minimum atomic E-state index is -0.675. The number of hydrogen-bond donors (Lipinski definition) is 8. The Balaban J connectivity index is -0.00000111. The zero-order valence-electron chi connectivity index (χ0n) is 52.7. The molecule has 0 aromatic carbocycles. The van der Waals surface area contributed by atoms with Crippen molar-refractivity contribution in [2.24, 2.45) is 11.8 Å². The molecule has 78 heavy (non-hydrogen) atoms. The van der Waals surface area contributed by atoms with Crippen LogP contribution in [0.4, 0.5) is 38.4 Å². The van der Waals surface area contributed by atoms with Crippen molar-refractivity contribution < 1.29 is 76.3 Å². The number of carbonyl (C=O) groups is 8. The summed E-state index contributed by atoms with van der Waals surface area (Å²) in [5.74, 6) is -0.148. The van der Waals surface area contributed by atoms with Gasteiger partial charge in [0.2, 0.25) is 0 Å². The lowest BCUT2D eigenvalue weighted by atomic mass is 9.88. The minimum Gasteiger partial charge on any atom is -0.444 e. The average molecular weight is 1120 g/mol. The maximum Gasteiger partial charge on any atom is 0.407 e. The first-order valence-electron chi connectivity index (χ1n) is 26.5. The van der Waals surface area contributed by atoms with Gasteiger partial charge in [-0.3, -0.25) is 0 Å². The molecule has 8 amide bonds. The Bertz CT molecular complexity index is 1830. The fourth-order valence-electron chi connectivity index (χ4n) is 5.45. The average Bonchev–Trinajstić information content (AvgIpc) is 3.14. The van der Waals surface area contributed by atoms with E-state index in [2.05, 4.69) is 42.5 Å². The number of alkyl carbamates (subject to hydrolysis) is 8. The second-order valence-electron chi connectivity index (χ2n) is 26.7. The van der Waals surface area contributed by atoms with Crippen molar-refractivity contribution in [1.29, 1.82) is 0 Å². The second kappa shape index (κ2) is 32.9. The molecular weight excluding hydrogens is 1020 g/mol. The maximum absolute atomic E-state index is 12.3. The molecule has 0 bridgehead atoms. The second-order valence-corrected chi connectivity index (χ2v) is 26.7. The summed E-state index contributed by atoms with van der Waals surface area (Å²) in [4.78, 5) is 94.9. The van der Waals surface area contributed by atoms with Gasteiger partial charge in [0.25, 0.3) is 0 Å². The van der Waals surface area contributed by atoms with E-state index in [4.69, 9.17) is 37.9 Å². The topological polar surface area (TPSA) is 307 Å². The Morgan fingerprint density at radius 3 is 0.859 bits per heavy atom. The van der Waals surface area contributed by atoms with Crippen LogP contribution in [0.5, 0.6) is 0 Å². The third kappa shape index (κ3) is 52.2. The highest BCUT2D eigenvalue weighted by Crippen LogP contribution is 2.18. The van der Waals surface area contributed by atoms with Gasteiger partial charge in [-0.1, -0.05) is 13.8 Å². The molecule has 0 aliphatic heterocycles. The third-order valence-corrected chi connectivity index (χ3v) is 8.58. The molecule has 4 unspecified atom stereocenters. The van der Waals surface area contributed by atoms with E-state index in [-0.39, 0.29) is 37.5 Å². The van der Waals surface area contributed by atoms with Gasteiger partial charge in [0.1, 0.15) is 44.8 Å². The van der Waals surface area contributed by atoms with E-state index in [0.717, 1.165) is 0 Å². The Morgan fingerprint density at radius 2 is 0.551 bits per heavy atom. The Hall–Kier alpha value is -5.84. The van der Waals surface area contributed by atoms with Crippen LogP contribution >= 0.6 is 0 Å². The SMILES string of the molecule is CC(C)(C)OC(=O)NCC(CNC(=O)OC(C)(C)C)NC(=O)OC(C)(C)C.CC(CCNC(=O)OC(C)(C)C)NC(=O)OC(C)(C)C.CC(CNC(=O)OC(C)(C)C)C(C)C(CNC(=O)OC(C)(C)C)NC(=O)OC(C)(C)C. The molecule has 0 heterocycles. The van der Waals surface area contributed by atoms with Gasteiger partial charge in [-0.25, -0.2) is 38.4 Å². The lowest BCUT2D eigenvalue weighted by Crippen LogP contribution is -2.51. The van der Waals surface area contributed by atoms with Crippen LogP contribution < -0.4 is 42.5 Å². The predicted molar refractivity (Wildman–Crippen MR) is 299 cm³/mol. The molecule has 0 aromatic heterocycles. The summed E-state index contributed by atoms with van der Waals surface area (Å²) in [5, 5.41) is 21.3. The van der Waals surface area contributed by atoms with E-state index in [1.807, 2.05) is 20.8 Å². The van der Waals surface area contributed by atoms with Crippen molar-refractivity contribution in [3.63, 3.8) is 0 Å². The molecule has 458 valence electrons. The molecular formula is C54H106N8O16. The molecule has 24 heteroatoms. The van der Waals surface area contributed by atoms with Gasteiger partial charge in [-0.2, -0.15) is 0 Å². The van der Waals surface area contributed by atoms with Crippen LogP contribution in [-0.2, 0) is 37.9 Å². The lowest BCUT2D eigenvalue weighted by Gasteiger charge is -2.31. The van der Waals surface area contributed by atoms with Crippen LogP contribution in [0, 0.1) is 11.8 Å². The molecule has 0 saturated heterocycles. The number of ether oxygens (including phenoxy) is 8. The van der Waals surface area contributed by atoms with Crippen LogP contribution in [0.1, 0.15) is 193 Å². The summed E-state index contributed by atoms with van der Waals surface area (Å²) in [6, 6.07) is -1.17. The van der Waals surface area contributed by atoms with Crippen LogP contribution in [0.2, 0.25) is 0 Å². The van der Waals surface area contributed by atoms with E-state index in [0.29, 0.717) is 19.5 Å². The van der Waals surface area contributed by atoms with Gasteiger partial charge in [0, 0.05) is 38.8 Å². The summed E-state index contributed by atoms with van der Waals surface area (Å²) in [6.07, 6.45) is -3.90. The Morgan fingerprint density at radius 1 is 0.308 bits per heavy atom.